The van der Waals surface area contributed by atoms with E-state index < -0.39 is 18.1 Å². The van der Waals surface area contributed by atoms with E-state index in [9.17, 15) is 15.0 Å². The molecule has 1 spiro atoms. The van der Waals surface area contributed by atoms with Gasteiger partial charge in [0.25, 0.3) is 0 Å². The van der Waals surface area contributed by atoms with Crippen LogP contribution in [0.15, 0.2) is 0 Å². The lowest BCUT2D eigenvalue weighted by Gasteiger charge is -2.70. The number of aliphatic hydroxyl groups excluding tert-OH is 1. The highest BCUT2D eigenvalue weighted by atomic mass is 16.5. The van der Waals surface area contributed by atoms with Crippen LogP contribution in [0.1, 0.15) is 71.6 Å². The normalized spacial score (nSPS) is 48.6. The summed E-state index contributed by atoms with van der Waals surface area (Å²) in [5, 5.41) is 24.6. The molecule has 10 atom stereocenters. The molecule has 6 rings (SSSR count). The molecule has 2 bridgehead atoms. The molecule has 2 heterocycles. The van der Waals surface area contributed by atoms with E-state index in [0.717, 1.165) is 51.0 Å². The van der Waals surface area contributed by atoms with Crippen LogP contribution in [-0.4, -0.2) is 83.3 Å². The third-order valence-electron chi connectivity index (χ3n) is 10.8. The standard InChI is InChI=1S/C27H44N2O5/c1-15(2)12-19(25(31)32)28-18-8-9-27(33-3)21-13-17-6-7-20(30)23-22(17)26(27,24(18)34-23)10-11-29(21)14-16-4-5-16/h15-24,28,30H,4-14H2,1-3H3,(H,31,32)/t17?,18-,19+,20?,21?,22?,23?,24+,26+,27-/m1/s1. The molecule has 4 aliphatic carbocycles. The summed E-state index contributed by atoms with van der Waals surface area (Å²) in [4.78, 5) is 14.9. The number of likely N-dealkylation sites (tertiary alicyclic amines) is 1. The zero-order valence-electron chi connectivity index (χ0n) is 21.1. The number of carboxylic acid groups (broad SMARTS) is 1. The summed E-state index contributed by atoms with van der Waals surface area (Å²) in [6.45, 7) is 6.42. The molecule has 2 aliphatic heterocycles. The van der Waals surface area contributed by atoms with E-state index in [1.807, 2.05) is 7.11 Å². The fourth-order valence-corrected chi connectivity index (χ4v) is 9.42. The van der Waals surface area contributed by atoms with Gasteiger partial charge in [-0.05, 0) is 82.1 Å². The monoisotopic (exact) mass is 476 g/mol. The summed E-state index contributed by atoms with van der Waals surface area (Å²) in [5.74, 6) is 1.24. The Kier molecular flexibility index (Phi) is 5.85. The molecule has 192 valence electrons. The van der Waals surface area contributed by atoms with E-state index in [1.54, 1.807) is 0 Å². The number of nitrogens with one attached hydrogen (secondary N) is 1. The molecule has 0 aromatic heterocycles. The van der Waals surface area contributed by atoms with Crippen LogP contribution in [-0.2, 0) is 14.3 Å². The van der Waals surface area contributed by atoms with Crippen LogP contribution < -0.4 is 5.32 Å². The number of methoxy groups -OCH3 is 1. The Morgan fingerprint density at radius 3 is 2.68 bits per heavy atom. The van der Waals surface area contributed by atoms with Crippen molar-refractivity contribution in [2.75, 3.05) is 20.2 Å². The third kappa shape index (κ3) is 3.29. The van der Waals surface area contributed by atoms with Crippen molar-refractivity contribution in [2.45, 2.75) is 114 Å². The number of carboxylic acids is 1. The molecule has 5 unspecified atom stereocenters. The maximum absolute atomic E-state index is 12.1. The number of rotatable bonds is 8. The zero-order chi connectivity index (χ0) is 23.8. The first-order valence-electron chi connectivity index (χ1n) is 13.9. The van der Waals surface area contributed by atoms with E-state index in [2.05, 4.69) is 24.1 Å². The largest absolute Gasteiger partial charge is 0.480 e. The summed E-state index contributed by atoms with van der Waals surface area (Å²) >= 11 is 0. The molecule has 34 heavy (non-hydrogen) atoms. The molecule has 7 nitrogen and oxygen atoms in total. The summed E-state index contributed by atoms with van der Waals surface area (Å²) in [6, 6.07) is -0.187. The summed E-state index contributed by atoms with van der Waals surface area (Å²) in [5.41, 5.74) is -0.426. The second-order valence-corrected chi connectivity index (χ2v) is 12.9. The Morgan fingerprint density at radius 1 is 1.21 bits per heavy atom. The molecule has 0 aromatic carbocycles. The van der Waals surface area contributed by atoms with Crippen LogP contribution in [0.25, 0.3) is 0 Å². The van der Waals surface area contributed by atoms with Crippen molar-refractivity contribution in [3.8, 4) is 0 Å². The molecule has 0 aromatic rings. The smallest absolute Gasteiger partial charge is 0.320 e. The van der Waals surface area contributed by atoms with Gasteiger partial charge in [0.15, 0.2) is 0 Å². The Bertz CT molecular complexity index is 804. The number of hydrogen-bond donors (Lipinski definition) is 3. The summed E-state index contributed by atoms with van der Waals surface area (Å²) < 4.78 is 13.6. The van der Waals surface area contributed by atoms with Crippen molar-refractivity contribution in [1.29, 1.82) is 0 Å². The number of ether oxygens (including phenoxy) is 2. The summed E-state index contributed by atoms with van der Waals surface area (Å²) in [7, 11) is 1.91. The van der Waals surface area contributed by atoms with Crippen molar-refractivity contribution in [2.24, 2.45) is 29.1 Å². The predicted octanol–water partition coefficient (Wildman–Crippen LogP) is 2.65. The van der Waals surface area contributed by atoms with Gasteiger partial charge in [0.2, 0.25) is 0 Å². The average molecular weight is 477 g/mol. The van der Waals surface area contributed by atoms with E-state index >= 15 is 0 Å². The minimum Gasteiger partial charge on any atom is -0.480 e. The maximum atomic E-state index is 12.1. The first-order chi connectivity index (χ1) is 16.3. The van der Waals surface area contributed by atoms with Crippen LogP contribution in [0.5, 0.6) is 0 Å². The number of carbonyl (C=O) groups is 1. The van der Waals surface area contributed by atoms with Gasteiger partial charge in [-0.3, -0.25) is 15.0 Å². The molecule has 0 radical (unpaired) electrons. The van der Waals surface area contributed by atoms with Crippen LogP contribution >= 0.6 is 0 Å². The van der Waals surface area contributed by atoms with Gasteiger partial charge in [-0.2, -0.15) is 0 Å². The lowest BCUT2D eigenvalue weighted by molar-refractivity contribution is -0.272. The van der Waals surface area contributed by atoms with Crippen molar-refractivity contribution in [3.05, 3.63) is 0 Å². The van der Waals surface area contributed by atoms with Gasteiger partial charge in [0, 0.05) is 37.1 Å². The SMILES string of the molecule is CO[C@]12CC[C@@H](N[C@@H](CC(C)C)C(=O)O)[C@@H]3OC4C(O)CCC5CC1N(CC1CC1)CC[C@]32C54. The Hall–Kier alpha value is -0.730. The van der Waals surface area contributed by atoms with Gasteiger partial charge in [0.05, 0.1) is 23.9 Å². The third-order valence-corrected chi connectivity index (χ3v) is 10.8. The van der Waals surface area contributed by atoms with Gasteiger partial charge in [-0.1, -0.05) is 13.8 Å². The topological polar surface area (TPSA) is 91.3 Å². The fourth-order valence-electron chi connectivity index (χ4n) is 9.42. The van der Waals surface area contributed by atoms with Gasteiger partial charge in [-0.15, -0.1) is 0 Å². The molecule has 0 amide bonds. The second-order valence-electron chi connectivity index (χ2n) is 12.9. The predicted molar refractivity (Wildman–Crippen MR) is 127 cm³/mol. The van der Waals surface area contributed by atoms with E-state index in [4.69, 9.17) is 9.47 Å². The van der Waals surface area contributed by atoms with Crippen LogP contribution in [0, 0.1) is 29.1 Å². The molecule has 3 N–H and O–H groups in total. The molecule has 7 heteroatoms. The lowest BCUT2D eigenvalue weighted by atomic mass is 9.42. The second kappa shape index (κ2) is 8.41. The maximum Gasteiger partial charge on any atom is 0.320 e. The van der Waals surface area contributed by atoms with Crippen molar-refractivity contribution in [1.82, 2.24) is 10.2 Å². The highest BCUT2D eigenvalue weighted by Crippen LogP contribution is 2.70. The number of aliphatic hydroxyl groups is 1. The highest BCUT2D eigenvalue weighted by Gasteiger charge is 2.78. The zero-order valence-corrected chi connectivity index (χ0v) is 21.1. The van der Waals surface area contributed by atoms with Gasteiger partial charge >= 0.3 is 5.97 Å². The van der Waals surface area contributed by atoms with Crippen LogP contribution in [0.4, 0.5) is 0 Å². The molecular weight excluding hydrogens is 432 g/mol. The lowest BCUT2D eigenvalue weighted by Crippen LogP contribution is -2.79. The number of aliphatic carboxylic acids is 1. The van der Waals surface area contributed by atoms with E-state index in [0.29, 0.717) is 30.2 Å². The minimum atomic E-state index is -0.774. The molecular formula is C27H44N2O5. The Morgan fingerprint density at radius 2 is 2.00 bits per heavy atom. The van der Waals surface area contributed by atoms with Gasteiger partial charge < -0.3 is 19.7 Å². The number of hydrogen-bond acceptors (Lipinski definition) is 6. The molecule has 2 saturated heterocycles. The highest BCUT2D eigenvalue weighted by molar-refractivity contribution is 5.73. The molecule has 6 fully saturated rings. The molecule has 6 aliphatic rings. The van der Waals surface area contributed by atoms with Gasteiger partial charge in [-0.25, -0.2) is 0 Å². The van der Waals surface area contributed by atoms with Crippen LogP contribution in [0.3, 0.4) is 0 Å². The quantitative estimate of drug-likeness (QED) is 0.496. The van der Waals surface area contributed by atoms with Crippen molar-refractivity contribution >= 4 is 5.97 Å². The fraction of sp³-hybridized carbons (Fsp3) is 0.963. The van der Waals surface area contributed by atoms with E-state index in [-0.39, 0.29) is 29.3 Å². The van der Waals surface area contributed by atoms with Crippen LogP contribution in [0.2, 0.25) is 0 Å². The molecule has 4 saturated carbocycles. The summed E-state index contributed by atoms with van der Waals surface area (Å²) in [6.07, 6.45) is 8.50. The van der Waals surface area contributed by atoms with Crippen molar-refractivity contribution < 1.29 is 24.5 Å². The first-order valence-corrected chi connectivity index (χ1v) is 13.9. The average Bonchev–Trinajstić information content (AvgIpc) is 3.54. The Labute approximate surface area is 203 Å². The number of piperidine rings is 1. The van der Waals surface area contributed by atoms with Crippen molar-refractivity contribution in [3.63, 3.8) is 0 Å². The Balaban J connectivity index is 1.38. The minimum absolute atomic E-state index is 0.0182. The van der Waals surface area contributed by atoms with Gasteiger partial charge in [0.1, 0.15) is 6.04 Å². The number of nitrogens with zero attached hydrogens (tertiary/aromatic N) is 1. The van der Waals surface area contributed by atoms with E-state index in [1.165, 1.54) is 19.4 Å². The first kappa shape index (κ1) is 23.7.